The van der Waals surface area contributed by atoms with Gasteiger partial charge in [-0.1, -0.05) is 0 Å². The number of likely N-dealkylation sites (N-methyl/N-ethyl adjacent to an activating group) is 1. The molecule has 2 unspecified atom stereocenters. The fourth-order valence-electron chi connectivity index (χ4n) is 3.03. The minimum absolute atomic E-state index is 0.345. The van der Waals surface area contributed by atoms with Crippen molar-refractivity contribution in [3.63, 3.8) is 0 Å². The van der Waals surface area contributed by atoms with Crippen molar-refractivity contribution >= 4 is 0 Å². The van der Waals surface area contributed by atoms with Crippen LogP contribution in [0.15, 0.2) is 0 Å². The highest BCUT2D eigenvalue weighted by Crippen LogP contribution is 2.46. The second-order valence-electron chi connectivity index (χ2n) is 5.31. The molecule has 2 heterocycles. The molecule has 0 aliphatic carbocycles. The van der Waals surface area contributed by atoms with Crippen LogP contribution in [-0.2, 0) is 4.74 Å². The molecule has 0 aromatic carbocycles. The quantitative estimate of drug-likeness (QED) is 0.714. The summed E-state index contributed by atoms with van der Waals surface area (Å²) >= 11 is 0. The van der Waals surface area contributed by atoms with Crippen molar-refractivity contribution in [2.45, 2.75) is 37.8 Å². The van der Waals surface area contributed by atoms with E-state index in [-0.39, 0.29) is 0 Å². The number of β-amino-alcohol motifs (C(OH)–C–C–N with tert-alkyl or cyclic N) is 1. The molecule has 2 saturated heterocycles. The third-order valence-electron chi connectivity index (χ3n) is 4.35. The Hall–Kier alpha value is -0.630. The first kappa shape index (κ1) is 11.8. The summed E-state index contributed by atoms with van der Waals surface area (Å²) in [4.78, 5) is 2.13. The molecular formula is C12H20N2O2. The Labute approximate surface area is 96.8 Å². The molecule has 0 aromatic rings. The van der Waals surface area contributed by atoms with Crippen LogP contribution in [0, 0.1) is 16.7 Å². The highest BCUT2D eigenvalue weighted by atomic mass is 16.5. The monoisotopic (exact) mass is 224 g/mol. The highest BCUT2D eigenvalue weighted by Gasteiger charge is 2.55. The molecule has 0 bridgehead atoms. The van der Waals surface area contributed by atoms with Crippen LogP contribution < -0.4 is 0 Å². The Bertz CT molecular complexity index is 295. The number of hydrogen-bond acceptors (Lipinski definition) is 4. The van der Waals surface area contributed by atoms with Crippen molar-refractivity contribution in [3.8, 4) is 6.07 Å². The zero-order chi connectivity index (χ0) is 11.8. The first-order valence-electron chi connectivity index (χ1n) is 5.95. The van der Waals surface area contributed by atoms with E-state index < -0.39 is 11.0 Å². The predicted molar refractivity (Wildman–Crippen MR) is 59.8 cm³/mol. The van der Waals surface area contributed by atoms with Gasteiger partial charge in [-0.15, -0.1) is 0 Å². The molecule has 2 aliphatic rings. The van der Waals surface area contributed by atoms with Gasteiger partial charge in [-0.3, -0.25) is 0 Å². The van der Waals surface area contributed by atoms with Crippen molar-refractivity contribution in [1.29, 1.82) is 5.26 Å². The SMILES string of the molecule is CC1CC(O)(C2(C#N)CCOCC2)CN1C. The summed E-state index contributed by atoms with van der Waals surface area (Å²) in [5.41, 5.74) is -1.47. The molecule has 0 aromatic heterocycles. The second-order valence-corrected chi connectivity index (χ2v) is 5.31. The van der Waals surface area contributed by atoms with Gasteiger partial charge >= 0.3 is 0 Å². The lowest BCUT2D eigenvalue weighted by Crippen LogP contribution is -2.52. The summed E-state index contributed by atoms with van der Waals surface area (Å²) in [5, 5.41) is 20.2. The zero-order valence-electron chi connectivity index (χ0n) is 10.1. The van der Waals surface area contributed by atoms with E-state index in [0.717, 1.165) is 0 Å². The topological polar surface area (TPSA) is 56.5 Å². The van der Waals surface area contributed by atoms with Gasteiger partial charge in [-0.05, 0) is 33.2 Å². The van der Waals surface area contributed by atoms with Gasteiger partial charge in [0.1, 0.15) is 0 Å². The molecule has 2 aliphatic heterocycles. The minimum atomic E-state index is -0.861. The second kappa shape index (κ2) is 3.99. The number of rotatable bonds is 1. The lowest BCUT2D eigenvalue weighted by Gasteiger charge is -2.42. The summed E-state index contributed by atoms with van der Waals surface area (Å²) in [6, 6.07) is 2.73. The van der Waals surface area contributed by atoms with Crippen LogP contribution in [0.4, 0.5) is 0 Å². The molecule has 1 N–H and O–H groups in total. The summed E-state index contributed by atoms with van der Waals surface area (Å²) in [7, 11) is 2.01. The Balaban J connectivity index is 2.24. The number of nitrogens with zero attached hydrogens (tertiary/aromatic N) is 2. The maximum atomic E-state index is 10.8. The Kier molecular flexibility index (Phi) is 2.95. The number of nitriles is 1. The van der Waals surface area contributed by atoms with E-state index in [4.69, 9.17) is 4.74 Å². The number of hydrogen-bond donors (Lipinski definition) is 1. The van der Waals surface area contributed by atoms with Gasteiger partial charge in [-0.25, -0.2) is 0 Å². The standard InChI is InChI=1S/C12H20N2O2/c1-10-7-12(15,9-14(10)2)11(8-13)3-5-16-6-4-11/h10,15H,3-7,9H2,1-2H3. The number of likely N-dealkylation sites (tertiary alicyclic amines) is 1. The van der Waals surface area contributed by atoms with E-state index >= 15 is 0 Å². The van der Waals surface area contributed by atoms with Crippen LogP contribution in [0.3, 0.4) is 0 Å². The molecule has 0 amide bonds. The molecule has 16 heavy (non-hydrogen) atoms. The maximum Gasteiger partial charge on any atom is 0.0975 e. The Morgan fingerprint density at radius 3 is 2.50 bits per heavy atom. The fraction of sp³-hybridized carbons (Fsp3) is 0.917. The van der Waals surface area contributed by atoms with Crippen LogP contribution in [0.5, 0.6) is 0 Å². The minimum Gasteiger partial charge on any atom is -0.387 e. The molecular weight excluding hydrogens is 204 g/mol. The predicted octanol–water partition coefficient (Wildman–Crippen LogP) is 0.762. The van der Waals surface area contributed by atoms with Gasteiger partial charge in [-0.2, -0.15) is 5.26 Å². The highest BCUT2D eigenvalue weighted by molar-refractivity contribution is 5.16. The van der Waals surface area contributed by atoms with Crippen LogP contribution >= 0.6 is 0 Å². The van der Waals surface area contributed by atoms with Gasteiger partial charge in [0.05, 0.1) is 17.1 Å². The van der Waals surface area contributed by atoms with E-state index in [1.807, 2.05) is 7.05 Å². The summed E-state index contributed by atoms with van der Waals surface area (Å²) in [6.45, 7) is 3.88. The van der Waals surface area contributed by atoms with E-state index in [1.54, 1.807) is 0 Å². The van der Waals surface area contributed by atoms with Crippen molar-refractivity contribution in [1.82, 2.24) is 4.90 Å². The van der Waals surface area contributed by atoms with E-state index in [2.05, 4.69) is 17.9 Å². The average molecular weight is 224 g/mol. The fourth-order valence-corrected chi connectivity index (χ4v) is 3.03. The largest absolute Gasteiger partial charge is 0.387 e. The van der Waals surface area contributed by atoms with Gasteiger partial charge in [0.15, 0.2) is 0 Å². The van der Waals surface area contributed by atoms with Crippen LogP contribution in [0.2, 0.25) is 0 Å². The van der Waals surface area contributed by atoms with Crippen LogP contribution in [0.1, 0.15) is 26.2 Å². The Morgan fingerprint density at radius 2 is 2.06 bits per heavy atom. The lowest BCUT2D eigenvalue weighted by atomic mass is 9.67. The molecule has 2 fully saturated rings. The van der Waals surface area contributed by atoms with Gasteiger partial charge in [0, 0.05) is 25.8 Å². The van der Waals surface area contributed by atoms with Gasteiger partial charge in [0.2, 0.25) is 0 Å². The first-order valence-corrected chi connectivity index (χ1v) is 5.95. The number of ether oxygens (including phenoxy) is 1. The Morgan fingerprint density at radius 1 is 1.44 bits per heavy atom. The normalized spacial score (nSPS) is 39.5. The maximum absolute atomic E-state index is 10.8. The molecule has 2 rings (SSSR count). The van der Waals surface area contributed by atoms with Crippen LogP contribution in [-0.4, -0.2) is 48.5 Å². The van der Waals surface area contributed by atoms with Crippen molar-refractivity contribution in [2.24, 2.45) is 5.41 Å². The number of aliphatic hydroxyl groups is 1. The van der Waals surface area contributed by atoms with E-state index in [0.29, 0.717) is 45.1 Å². The molecule has 0 spiro atoms. The third-order valence-corrected chi connectivity index (χ3v) is 4.35. The van der Waals surface area contributed by atoms with Crippen molar-refractivity contribution in [3.05, 3.63) is 0 Å². The molecule has 2 atom stereocenters. The smallest absolute Gasteiger partial charge is 0.0975 e. The molecule has 0 saturated carbocycles. The lowest BCUT2D eigenvalue weighted by molar-refractivity contribution is -0.0954. The van der Waals surface area contributed by atoms with Crippen LogP contribution in [0.25, 0.3) is 0 Å². The van der Waals surface area contributed by atoms with Crippen molar-refractivity contribution < 1.29 is 9.84 Å². The summed E-state index contributed by atoms with van der Waals surface area (Å²) in [5.74, 6) is 0. The summed E-state index contributed by atoms with van der Waals surface area (Å²) < 4.78 is 5.31. The average Bonchev–Trinajstić information content (AvgIpc) is 2.55. The van der Waals surface area contributed by atoms with Gasteiger partial charge < -0.3 is 14.7 Å². The summed E-state index contributed by atoms with van der Waals surface area (Å²) in [6.07, 6.45) is 2.00. The van der Waals surface area contributed by atoms with E-state index in [9.17, 15) is 10.4 Å². The molecule has 90 valence electrons. The third kappa shape index (κ3) is 1.64. The molecule has 4 heteroatoms. The molecule has 4 nitrogen and oxygen atoms in total. The van der Waals surface area contributed by atoms with Gasteiger partial charge in [0.25, 0.3) is 0 Å². The molecule has 0 radical (unpaired) electrons. The first-order chi connectivity index (χ1) is 7.53. The zero-order valence-corrected chi connectivity index (χ0v) is 10.1. The van der Waals surface area contributed by atoms with E-state index in [1.165, 1.54) is 0 Å². The van der Waals surface area contributed by atoms with Crippen molar-refractivity contribution in [2.75, 3.05) is 26.8 Å².